The minimum Gasteiger partial charge on any atom is -0.449 e. The first-order chi connectivity index (χ1) is 18.6. The predicted molar refractivity (Wildman–Crippen MR) is 158 cm³/mol. The minimum absolute atomic E-state index is 0.0117. The van der Waals surface area contributed by atoms with Gasteiger partial charge in [0.25, 0.3) is 5.91 Å². The third-order valence-corrected chi connectivity index (χ3v) is 8.18. The van der Waals surface area contributed by atoms with Gasteiger partial charge in [0.15, 0.2) is 6.10 Å². The van der Waals surface area contributed by atoms with E-state index in [4.69, 9.17) is 21.3 Å². The maximum atomic E-state index is 13.8. The zero-order valence-corrected chi connectivity index (χ0v) is 23.9. The SMILES string of the molecule is C[C@@H](OC(=O)c1c2c(nc3ccccc13)/C(=C\c1cccs1)C[C@H](C(C)(C)C)C2)C(=O)Nc1ccc(Cl)cn1. The molecule has 4 aromatic rings. The van der Waals surface area contributed by atoms with Crippen molar-refractivity contribution in [3.8, 4) is 0 Å². The zero-order chi connectivity index (χ0) is 27.7. The number of thiophene rings is 1. The molecule has 200 valence electrons. The van der Waals surface area contributed by atoms with Crippen LogP contribution in [-0.2, 0) is 16.0 Å². The number of aromatic nitrogens is 2. The number of rotatable bonds is 5. The number of carbonyl (C=O) groups excluding carboxylic acids is 2. The van der Waals surface area contributed by atoms with Crippen LogP contribution in [0.15, 0.2) is 60.1 Å². The Hall–Kier alpha value is -3.55. The summed E-state index contributed by atoms with van der Waals surface area (Å²) >= 11 is 7.56. The number of para-hydroxylation sites is 1. The summed E-state index contributed by atoms with van der Waals surface area (Å²) in [6.07, 6.45) is 4.14. The smallest absolute Gasteiger partial charge is 0.339 e. The molecule has 0 unspecified atom stereocenters. The Labute approximate surface area is 237 Å². The van der Waals surface area contributed by atoms with Gasteiger partial charge in [-0.3, -0.25) is 4.79 Å². The third-order valence-electron chi connectivity index (χ3n) is 7.13. The van der Waals surface area contributed by atoms with Crippen LogP contribution in [0, 0.1) is 11.3 Å². The van der Waals surface area contributed by atoms with E-state index in [2.05, 4.69) is 48.6 Å². The van der Waals surface area contributed by atoms with E-state index in [1.54, 1.807) is 30.4 Å². The number of hydrogen-bond acceptors (Lipinski definition) is 6. The molecule has 2 atom stereocenters. The lowest BCUT2D eigenvalue weighted by Crippen LogP contribution is -2.32. The number of fused-ring (bicyclic) bond motifs is 2. The monoisotopic (exact) mass is 559 g/mol. The average Bonchev–Trinajstić information content (AvgIpc) is 3.41. The molecule has 0 saturated heterocycles. The van der Waals surface area contributed by atoms with Gasteiger partial charge in [0.05, 0.1) is 21.8 Å². The summed E-state index contributed by atoms with van der Waals surface area (Å²) in [6, 6.07) is 14.9. The summed E-state index contributed by atoms with van der Waals surface area (Å²) in [7, 11) is 0. The van der Waals surface area contributed by atoms with Crippen molar-refractivity contribution in [1.82, 2.24) is 9.97 Å². The average molecular weight is 560 g/mol. The molecular formula is C31H30ClN3O3S. The van der Waals surface area contributed by atoms with Crippen molar-refractivity contribution in [1.29, 1.82) is 0 Å². The molecule has 1 N–H and O–H groups in total. The number of allylic oxidation sites excluding steroid dienone is 1. The van der Waals surface area contributed by atoms with E-state index in [-0.39, 0.29) is 5.41 Å². The molecule has 8 heteroatoms. The highest BCUT2D eigenvalue weighted by Gasteiger charge is 2.36. The molecule has 1 aliphatic rings. The summed E-state index contributed by atoms with van der Waals surface area (Å²) in [4.78, 5) is 37.0. The lowest BCUT2D eigenvalue weighted by atomic mass is 9.69. The van der Waals surface area contributed by atoms with E-state index < -0.39 is 18.0 Å². The molecule has 0 radical (unpaired) electrons. The van der Waals surface area contributed by atoms with Crippen LogP contribution in [0.5, 0.6) is 0 Å². The third kappa shape index (κ3) is 5.89. The van der Waals surface area contributed by atoms with Gasteiger partial charge in [0.2, 0.25) is 0 Å². The Morgan fingerprint density at radius 1 is 1.13 bits per heavy atom. The van der Waals surface area contributed by atoms with Gasteiger partial charge in [-0.1, -0.05) is 56.6 Å². The fourth-order valence-corrected chi connectivity index (χ4v) is 5.66. The van der Waals surface area contributed by atoms with E-state index in [0.717, 1.165) is 39.0 Å². The van der Waals surface area contributed by atoms with Gasteiger partial charge in [-0.05, 0) is 78.0 Å². The van der Waals surface area contributed by atoms with Crippen LogP contribution in [0.3, 0.4) is 0 Å². The number of benzene rings is 1. The topological polar surface area (TPSA) is 81.2 Å². The first-order valence-electron chi connectivity index (χ1n) is 12.9. The zero-order valence-electron chi connectivity index (χ0n) is 22.3. The molecule has 1 amide bonds. The number of anilines is 1. The van der Waals surface area contributed by atoms with Gasteiger partial charge in [-0.25, -0.2) is 14.8 Å². The quantitative estimate of drug-likeness (QED) is 0.254. The molecule has 0 spiro atoms. The van der Waals surface area contributed by atoms with Crippen LogP contribution >= 0.6 is 22.9 Å². The van der Waals surface area contributed by atoms with Gasteiger partial charge in [-0.15, -0.1) is 11.3 Å². The number of esters is 1. The maximum absolute atomic E-state index is 13.8. The van der Waals surface area contributed by atoms with Crippen molar-refractivity contribution < 1.29 is 14.3 Å². The summed E-state index contributed by atoms with van der Waals surface area (Å²) in [6.45, 7) is 8.25. The van der Waals surface area contributed by atoms with E-state index in [1.165, 1.54) is 6.20 Å². The Kier molecular flexibility index (Phi) is 7.56. The van der Waals surface area contributed by atoms with Crippen LogP contribution in [0.1, 0.15) is 60.6 Å². The standard InChI is InChI=1S/C31H30ClN3O3S/c1-18(29(36)35-26-12-11-21(32)17-33-26)38-30(37)27-23-9-5-6-10-25(23)34-28-19(15-22-8-7-13-39-22)14-20(16-24(27)28)31(2,3)4/h5-13,15,17-18,20H,14,16H2,1-4H3,(H,33,35,36)/b19-15-/t18-,20+/m1/s1. The van der Waals surface area contributed by atoms with E-state index in [1.807, 2.05) is 30.3 Å². The van der Waals surface area contributed by atoms with Crippen molar-refractivity contribution >= 4 is 63.2 Å². The molecule has 1 aliphatic carbocycles. The number of pyridine rings is 2. The maximum Gasteiger partial charge on any atom is 0.339 e. The van der Waals surface area contributed by atoms with Crippen molar-refractivity contribution in [2.75, 3.05) is 5.32 Å². The number of nitrogens with one attached hydrogen (secondary N) is 1. The highest BCUT2D eigenvalue weighted by molar-refractivity contribution is 7.10. The van der Waals surface area contributed by atoms with Gasteiger partial charge in [-0.2, -0.15) is 0 Å². The van der Waals surface area contributed by atoms with Gasteiger partial charge in [0, 0.05) is 16.5 Å². The van der Waals surface area contributed by atoms with Gasteiger partial charge in [0.1, 0.15) is 5.82 Å². The molecule has 6 nitrogen and oxygen atoms in total. The van der Waals surface area contributed by atoms with Crippen molar-refractivity contribution in [2.45, 2.75) is 46.6 Å². The Morgan fingerprint density at radius 3 is 2.62 bits per heavy atom. The molecule has 0 bridgehead atoms. The normalized spacial score (nSPS) is 17.1. The summed E-state index contributed by atoms with van der Waals surface area (Å²) < 4.78 is 5.78. The lowest BCUT2D eigenvalue weighted by molar-refractivity contribution is -0.123. The second kappa shape index (κ2) is 10.9. The molecule has 3 aromatic heterocycles. The first-order valence-corrected chi connectivity index (χ1v) is 14.2. The van der Waals surface area contributed by atoms with Crippen LogP contribution in [0.25, 0.3) is 22.6 Å². The summed E-state index contributed by atoms with van der Waals surface area (Å²) in [5, 5.41) is 5.91. The second-order valence-corrected chi connectivity index (χ2v) is 12.3. The number of halogens is 1. The predicted octanol–water partition coefficient (Wildman–Crippen LogP) is 7.68. The minimum atomic E-state index is -1.04. The molecule has 5 rings (SSSR count). The summed E-state index contributed by atoms with van der Waals surface area (Å²) in [5.74, 6) is -0.393. The van der Waals surface area contributed by atoms with Gasteiger partial charge >= 0.3 is 5.97 Å². The van der Waals surface area contributed by atoms with E-state index in [0.29, 0.717) is 28.7 Å². The molecule has 0 saturated carbocycles. The van der Waals surface area contributed by atoms with Crippen LogP contribution in [0.4, 0.5) is 5.82 Å². The molecule has 39 heavy (non-hydrogen) atoms. The number of nitrogens with zero attached hydrogens (tertiary/aromatic N) is 2. The van der Waals surface area contributed by atoms with E-state index >= 15 is 0 Å². The molecular weight excluding hydrogens is 530 g/mol. The first kappa shape index (κ1) is 27.0. The van der Waals surface area contributed by atoms with Crippen molar-refractivity contribution in [3.63, 3.8) is 0 Å². The largest absolute Gasteiger partial charge is 0.449 e. The second-order valence-electron chi connectivity index (χ2n) is 10.9. The fourth-order valence-electron chi connectivity index (χ4n) is 4.87. The van der Waals surface area contributed by atoms with Crippen LogP contribution in [-0.4, -0.2) is 27.9 Å². The Morgan fingerprint density at radius 2 is 1.92 bits per heavy atom. The number of ether oxygens (including phenoxy) is 1. The summed E-state index contributed by atoms with van der Waals surface area (Å²) in [5.41, 5.74) is 4.02. The van der Waals surface area contributed by atoms with Crippen molar-refractivity contribution in [2.24, 2.45) is 11.3 Å². The lowest BCUT2D eigenvalue weighted by Gasteiger charge is -2.36. The fraction of sp³-hybridized carbons (Fsp3) is 0.290. The number of carbonyl (C=O) groups is 2. The van der Waals surface area contributed by atoms with Crippen molar-refractivity contribution in [3.05, 3.63) is 86.8 Å². The van der Waals surface area contributed by atoms with E-state index in [9.17, 15) is 9.59 Å². The van der Waals surface area contributed by atoms with Crippen LogP contribution in [0.2, 0.25) is 5.02 Å². The Bertz CT molecular complexity index is 1560. The molecule has 1 aromatic carbocycles. The molecule has 3 heterocycles. The highest BCUT2D eigenvalue weighted by Crippen LogP contribution is 2.45. The highest BCUT2D eigenvalue weighted by atomic mass is 35.5. The molecule has 0 fully saturated rings. The van der Waals surface area contributed by atoms with Gasteiger partial charge < -0.3 is 10.1 Å². The van der Waals surface area contributed by atoms with Crippen LogP contribution < -0.4 is 5.32 Å². The molecule has 0 aliphatic heterocycles. The number of amides is 1. The Balaban J connectivity index is 1.55. The number of hydrogen-bond donors (Lipinski definition) is 1.